The minimum Gasteiger partial charge on any atom is -0.391 e. The van der Waals surface area contributed by atoms with Crippen LogP contribution in [0.3, 0.4) is 0 Å². The minimum absolute atomic E-state index is 0.145. The molecule has 2 aromatic rings. The van der Waals surface area contributed by atoms with Crippen molar-refractivity contribution in [3.8, 4) is 5.69 Å². The number of carbonyl (C=O) groups is 1. The standard InChI is InChI=1S/C16H20ClN3O2/c1-3-11(2)15(21)9-18-16(22)12-8-19-20(10-12)14-7-5-4-6-13(14)17/h4-8,10-11,15,21H,3,9H2,1-2H3,(H,18,22). The minimum atomic E-state index is -0.549. The fraction of sp³-hybridized carbons (Fsp3) is 0.375. The Kier molecular flexibility index (Phi) is 5.57. The molecule has 0 radical (unpaired) electrons. The number of amides is 1. The van der Waals surface area contributed by atoms with E-state index in [0.29, 0.717) is 16.3 Å². The number of aliphatic hydroxyl groups excluding tert-OH is 1. The number of para-hydroxylation sites is 1. The smallest absolute Gasteiger partial charge is 0.254 e. The highest BCUT2D eigenvalue weighted by Gasteiger charge is 2.15. The number of benzene rings is 1. The van der Waals surface area contributed by atoms with Crippen LogP contribution in [-0.2, 0) is 0 Å². The maximum absolute atomic E-state index is 12.1. The Hall–Kier alpha value is -1.85. The number of nitrogens with zero attached hydrogens (tertiary/aromatic N) is 2. The molecule has 0 fully saturated rings. The van der Waals surface area contributed by atoms with Crippen molar-refractivity contribution in [2.45, 2.75) is 26.4 Å². The van der Waals surface area contributed by atoms with Crippen LogP contribution in [0.1, 0.15) is 30.6 Å². The molecule has 0 aliphatic rings. The summed E-state index contributed by atoms with van der Waals surface area (Å²) in [5, 5.41) is 17.3. The zero-order chi connectivity index (χ0) is 16.1. The second-order valence-corrected chi connectivity index (χ2v) is 5.70. The van der Waals surface area contributed by atoms with Crippen LogP contribution >= 0.6 is 11.6 Å². The first-order valence-corrected chi connectivity index (χ1v) is 7.66. The summed E-state index contributed by atoms with van der Waals surface area (Å²) in [6.07, 6.45) is 3.41. The van der Waals surface area contributed by atoms with E-state index in [1.165, 1.54) is 6.20 Å². The van der Waals surface area contributed by atoms with Gasteiger partial charge in [0.25, 0.3) is 5.91 Å². The molecule has 1 aromatic carbocycles. The lowest BCUT2D eigenvalue weighted by molar-refractivity contribution is 0.0850. The summed E-state index contributed by atoms with van der Waals surface area (Å²) in [6.45, 7) is 4.18. The van der Waals surface area contributed by atoms with E-state index >= 15 is 0 Å². The third kappa shape index (κ3) is 3.87. The molecule has 0 aliphatic carbocycles. The predicted molar refractivity (Wildman–Crippen MR) is 86.4 cm³/mol. The van der Waals surface area contributed by atoms with Crippen molar-refractivity contribution in [3.63, 3.8) is 0 Å². The summed E-state index contributed by atoms with van der Waals surface area (Å²) in [6, 6.07) is 7.27. The topological polar surface area (TPSA) is 67.2 Å². The van der Waals surface area contributed by atoms with Gasteiger partial charge >= 0.3 is 0 Å². The summed E-state index contributed by atoms with van der Waals surface area (Å²) in [5.41, 5.74) is 1.14. The van der Waals surface area contributed by atoms with Crippen LogP contribution < -0.4 is 5.32 Å². The monoisotopic (exact) mass is 321 g/mol. The second-order valence-electron chi connectivity index (χ2n) is 5.29. The highest BCUT2D eigenvalue weighted by molar-refractivity contribution is 6.32. The summed E-state index contributed by atoms with van der Waals surface area (Å²) < 4.78 is 1.56. The first kappa shape index (κ1) is 16.5. The van der Waals surface area contributed by atoms with Crippen LogP contribution in [-0.4, -0.2) is 33.4 Å². The quantitative estimate of drug-likeness (QED) is 0.859. The fourth-order valence-electron chi connectivity index (χ4n) is 1.98. The molecule has 0 saturated carbocycles. The van der Waals surface area contributed by atoms with Gasteiger partial charge < -0.3 is 10.4 Å². The lowest BCUT2D eigenvalue weighted by Crippen LogP contribution is -2.35. The molecule has 0 aliphatic heterocycles. The van der Waals surface area contributed by atoms with Crippen molar-refractivity contribution in [3.05, 3.63) is 47.2 Å². The molecular formula is C16H20ClN3O2. The molecule has 0 saturated heterocycles. The molecule has 1 heterocycles. The number of hydrogen-bond donors (Lipinski definition) is 2. The molecule has 0 spiro atoms. The molecule has 0 bridgehead atoms. The summed E-state index contributed by atoms with van der Waals surface area (Å²) in [5.74, 6) is -0.119. The Bertz CT molecular complexity index is 642. The number of nitrogens with one attached hydrogen (secondary N) is 1. The second kappa shape index (κ2) is 7.42. The third-order valence-electron chi connectivity index (χ3n) is 3.72. The van der Waals surface area contributed by atoms with Gasteiger partial charge in [-0.1, -0.05) is 44.0 Å². The molecule has 1 aromatic heterocycles. The summed E-state index contributed by atoms with van der Waals surface area (Å²) >= 11 is 6.11. The number of halogens is 1. The predicted octanol–water partition coefficient (Wildman–Crippen LogP) is 2.66. The van der Waals surface area contributed by atoms with E-state index < -0.39 is 6.10 Å². The van der Waals surface area contributed by atoms with Gasteiger partial charge in [0.05, 0.1) is 28.6 Å². The Labute approximate surface area is 134 Å². The average Bonchev–Trinajstić information content (AvgIpc) is 3.01. The Morgan fingerprint density at radius 2 is 2.18 bits per heavy atom. The van der Waals surface area contributed by atoms with E-state index in [4.69, 9.17) is 11.6 Å². The summed E-state index contributed by atoms with van der Waals surface area (Å²) in [7, 11) is 0. The number of rotatable bonds is 6. The number of aromatic nitrogens is 2. The molecule has 2 rings (SSSR count). The van der Waals surface area contributed by atoms with Crippen molar-refractivity contribution < 1.29 is 9.90 Å². The van der Waals surface area contributed by atoms with Gasteiger partial charge in [0.1, 0.15) is 0 Å². The van der Waals surface area contributed by atoms with E-state index in [-0.39, 0.29) is 18.4 Å². The van der Waals surface area contributed by atoms with Crippen LogP contribution in [0.5, 0.6) is 0 Å². The summed E-state index contributed by atoms with van der Waals surface area (Å²) in [4.78, 5) is 12.1. The zero-order valence-electron chi connectivity index (χ0n) is 12.7. The van der Waals surface area contributed by atoms with Crippen LogP contribution in [0.4, 0.5) is 0 Å². The van der Waals surface area contributed by atoms with Gasteiger partial charge in [-0.15, -0.1) is 0 Å². The van der Waals surface area contributed by atoms with E-state index in [1.54, 1.807) is 16.9 Å². The molecule has 6 heteroatoms. The fourth-order valence-corrected chi connectivity index (χ4v) is 2.20. The highest BCUT2D eigenvalue weighted by Crippen LogP contribution is 2.19. The van der Waals surface area contributed by atoms with Gasteiger partial charge in [0.2, 0.25) is 0 Å². The van der Waals surface area contributed by atoms with Crippen molar-refractivity contribution in [2.24, 2.45) is 5.92 Å². The van der Waals surface area contributed by atoms with Crippen molar-refractivity contribution in [1.82, 2.24) is 15.1 Å². The Balaban J connectivity index is 2.02. The van der Waals surface area contributed by atoms with Crippen molar-refractivity contribution in [2.75, 3.05) is 6.54 Å². The van der Waals surface area contributed by atoms with Gasteiger partial charge in [-0.2, -0.15) is 5.10 Å². The van der Waals surface area contributed by atoms with Gasteiger partial charge in [0.15, 0.2) is 0 Å². The SMILES string of the molecule is CCC(C)C(O)CNC(=O)c1cnn(-c2ccccc2Cl)c1. The van der Waals surface area contributed by atoms with Gasteiger partial charge in [-0.3, -0.25) is 4.79 Å². The van der Waals surface area contributed by atoms with Gasteiger partial charge in [-0.05, 0) is 18.1 Å². The molecular weight excluding hydrogens is 302 g/mol. The molecule has 2 unspecified atom stereocenters. The van der Waals surface area contributed by atoms with E-state index in [2.05, 4.69) is 10.4 Å². The Morgan fingerprint density at radius 1 is 1.45 bits per heavy atom. The largest absolute Gasteiger partial charge is 0.391 e. The van der Waals surface area contributed by atoms with E-state index in [1.807, 2.05) is 32.0 Å². The third-order valence-corrected chi connectivity index (χ3v) is 4.04. The van der Waals surface area contributed by atoms with Gasteiger partial charge in [-0.25, -0.2) is 4.68 Å². The average molecular weight is 322 g/mol. The van der Waals surface area contributed by atoms with Crippen molar-refractivity contribution >= 4 is 17.5 Å². The Morgan fingerprint density at radius 3 is 2.86 bits per heavy atom. The molecule has 2 atom stereocenters. The lowest BCUT2D eigenvalue weighted by atomic mass is 10.0. The van der Waals surface area contributed by atoms with Crippen LogP contribution in [0.25, 0.3) is 5.69 Å². The van der Waals surface area contributed by atoms with Crippen LogP contribution in [0.15, 0.2) is 36.7 Å². The normalized spacial score (nSPS) is 13.6. The maximum Gasteiger partial charge on any atom is 0.254 e. The molecule has 5 nitrogen and oxygen atoms in total. The van der Waals surface area contributed by atoms with E-state index in [0.717, 1.165) is 6.42 Å². The number of aliphatic hydroxyl groups is 1. The van der Waals surface area contributed by atoms with Crippen molar-refractivity contribution in [1.29, 1.82) is 0 Å². The first-order chi connectivity index (χ1) is 10.5. The lowest BCUT2D eigenvalue weighted by Gasteiger charge is -2.17. The molecule has 118 valence electrons. The number of hydrogen-bond acceptors (Lipinski definition) is 3. The van der Waals surface area contributed by atoms with Crippen LogP contribution in [0.2, 0.25) is 5.02 Å². The first-order valence-electron chi connectivity index (χ1n) is 7.28. The molecule has 22 heavy (non-hydrogen) atoms. The number of carbonyl (C=O) groups excluding carboxylic acids is 1. The molecule has 2 N–H and O–H groups in total. The highest BCUT2D eigenvalue weighted by atomic mass is 35.5. The van der Waals surface area contributed by atoms with Crippen LogP contribution in [0, 0.1) is 5.92 Å². The van der Waals surface area contributed by atoms with E-state index in [9.17, 15) is 9.90 Å². The zero-order valence-corrected chi connectivity index (χ0v) is 13.4. The molecule has 1 amide bonds. The maximum atomic E-state index is 12.1. The van der Waals surface area contributed by atoms with Gasteiger partial charge in [0, 0.05) is 12.7 Å².